The Labute approximate surface area is 83.9 Å². The summed E-state index contributed by atoms with van der Waals surface area (Å²) in [4.78, 5) is 0.0123. The van der Waals surface area contributed by atoms with Crippen LogP contribution in [0.5, 0.6) is 0 Å². The van der Waals surface area contributed by atoms with Gasteiger partial charge in [-0.05, 0) is 12.1 Å². The van der Waals surface area contributed by atoms with Gasteiger partial charge in [0.05, 0.1) is 16.1 Å². The van der Waals surface area contributed by atoms with Gasteiger partial charge in [0, 0.05) is 10.8 Å². The number of anilines is 1. The van der Waals surface area contributed by atoms with Crippen molar-refractivity contribution in [2.75, 3.05) is 4.72 Å². The fourth-order valence-electron chi connectivity index (χ4n) is 1.12. The molecule has 1 heterocycles. The minimum absolute atomic E-state index is 0.0123. The lowest BCUT2D eigenvalue weighted by atomic mass is 10.2. The fourth-order valence-corrected chi connectivity index (χ4v) is 3.59. The van der Waals surface area contributed by atoms with Crippen molar-refractivity contribution in [1.82, 2.24) is 0 Å². The average Bonchev–Trinajstić information content (AvgIpc) is 2.41. The van der Waals surface area contributed by atoms with Gasteiger partial charge < -0.3 is 0 Å². The lowest BCUT2D eigenvalue weighted by Crippen LogP contribution is -2.06. The largest absolute Gasteiger partial charge is 0.417 e. The van der Waals surface area contributed by atoms with E-state index in [4.69, 9.17) is 0 Å². The molecule has 14 heavy (non-hydrogen) atoms. The van der Waals surface area contributed by atoms with E-state index in [1.165, 1.54) is 12.1 Å². The van der Waals surface area contributed by atoms with E-state index in [2.05, 4.69) is 4.72 Å². The number of rotatable bonds is 0. The van der Waals surface area contributed by atoms with Gasteiger partial charge in [-0.1, -0.05) is 6.07 Å². The van der Waals surface area contributed by atoms with Crippen LogP contribution in [0.2, 0.25) is 0 Å². The summed E-state index contributed by atoms with van der Waals surface area (Å²) in [7, 11) is -0.812. The standard InChI is InChI=1S/C7H4F3NOS2/c8-7(9,10)4-2-1-3-5-6(4)13-14(12)11-5/h1-3,11H. The summed E-state index contributed by atoms with van der Waals surface area (Å²) in [5.74, 6) is 0. The zero-order valence-corrected chi connectivity index (χ0v) is 8.22. The predicted molar refractivity (Wildman–Crippen MR) is 49.1 cm³/mol. The highest BCUT2D eigenvalue weighted by atomic mass is 33.1. The van der Waals surface area contributed by atoms with E-state index in [1.807, 2.05) is 0 Å². The summed E-state index contributed by atoms with van der Waals surface area (Å²) in [6.07, 6.45) is -4.39. The van der Waals surface area contributed by atoms with Crippen molar-refractivity contribution in [1.29, 1.82) is 0 Å². The minimum Gasteiger partial charge on any atom is -0.295 e. The highest BCUT2D eigenvalue weighted by Crippen LogP contribution is 2.45. The summed E-state index contributed by atoms with van der Waals surface area (Å²) < 4.78 is 50.7. The molecule has 1 aliphatic rings. The number of hydrogen-bond donors (Lipinski definition) is 1. The molecule has 7 heteroatoms. The maximum Gasteiger partial charge on any atom is 0.417 e. The van der Waals surface area contributed by atoms with Crippen molar-refractivity contribution in [3.63, 3.8) is 0 Å². The monoisotopic (exact) mass is 239 g/mol. The molecule has 1 N–H and O–H groups in total. The Morgan fingerprint density at radius 1 is 1.36 bits per heavy atom. The summed E-state index contributed by atoms with van der Waals surface area (Å²) >= 11 is 0. The Morgan fingerprint density at radius 2 is 2.07 bits per heavy atom. The Bertz CT molecular complexity index is 404. The van der Waals surface area contributed by atoms with E-state index < -0.39 is 21.8 Å². The van der Waals surface area contributed by atoms with Crippen LogP contribution in [0, 0.1) is 0 Å². The van der Waals surface area contributed by atoms with Gasteiger partial charge in [0.2, 0.25) is 0 Å². The van der Waals surface area contributed by atoms with Crippen molar-refractivity contribution in [2.45, 2.75) is 11.1 Å². The van der Waals surface area contributed by atoms with Crippen LogP contribution in [-0.4, -0.2) is 4.21 Å². The van der Waals surface area contributed by atoms with Crippen LogP contribution in [-0.2, 0) is 16.2 Å². The number of hydrogen-bond acceptors (Lipinski definition) is 2. The molecule has 2 nitrogen and oxygen atoms in total. The normalized spacial score (nSPS) is 20.4. The first-order valence-electron chi connectivity index (χ1n) is 3.55. The summed E-state index contributed by atoms with van der Waals surface area (Å²) in [6.45, 7) is 0. The maximum absolute atomic E-state index is 12.4. The van der Waals surface area contributed by atoms with Crippen molar-refractivity contribution in [3.05, 3.63) is 23.8 Å². The van der Waals surface area contributed by atoms with Gasteiger partial charge >= 0.3 is 6.18 Å². The summed E-state index contributed by atoms with van der Waals surface area (Å²) in [6, 6.07) is 3.75. The molecule has 0 aromatic heterocycles. The first-order chi connectivity index (χ1) is 6.48. The number of benzene rings is 1. The molecule has 1 atom stereocenters. The zero-order chi connectivity index (χ0) is 10.3. The van der Waals surface area contributed by atoms with Crippen LogP contribution < -0.4 is 4.72 Å². The van der Waals surface area contributed by atoms with Crippen molar-refractivity contribution in [2.24, 2.45) is 0 Å². The van der Waals surface area contributed by atoms with Crippen molar-refractivity contribution in [3.8, 4) is 0 Å². The molecule has 0 spiro atoms. The molecule has 0 bridgehead atoms. The van der Waals surface area contributed by atoms with Gasteiger partial charge in [0.1, 0.15) is 0 Å². The Kier molecular flexibility index (Phi) is 2.23. The van der Waals surface area contributed by atoms with E-state index in [0.717, 1.165) is 6.07 Å². The number of halogens is 3. The van der Waals surface area contributed by atoms with Gasteiger partial charge in [-0.15, -0.1) is 0 Å². The third kappa shape index (κ3) is 1.61. The maximum atomic E-state index is 12.4. The predicted octanol–water partition coefficient (Wildman–Crippen LogP) is 2.80. The Morgan fingerprint density at radius 3 is 2.71 bits per heavy atom. The van der Waals surface area contributed by atoms with Crippen LogP contribution in [0.25, 0.3) is 0 Å². The third-order valence-electron chi connectivity index (χ3n) is 1.67. The zero-order valence-electron chi connectivity index (χ0n) is 6.59. The average molecular weight is 239 g/mol. The van der Waals surface area contributed by atoms with Gasteiger partial charge in [0.25, 0.3) is 0 Å². The van der Waals surface area contributed by atoms with Crippen molar-refractivity contribution < 1.29 is 17.4 Å². The lowest BCUT2D eigenvalue weighted by Gasteiger charge is -2.09. The van der Waals surface area contributed by atoms with Gasteiger partial charge in [0.15, 0.2) is 10.0 Å². The molecule has 76 valence electrons. The molecular formula is C7H4F3NOS2. The second kappa shape index (κ2) is 3.16. The summed E-state index contributed by atoms with van der Waals surface area (Å²) in [5, 5.41) is 0. The number of alkyl halides is 3. The highest BCUT2D eigenvalue weighted by Gasteiger charge is 2.37. The van der Waals surface area contributed by atoms with Crippen LogP contribution in [0.3, 0.4) is 0 Å². The molecule has 0 saturated heterocycles. The lowest BCUT2D eigenvalue weighted by molar-refractivity contribution is -0.139. The van der Waals surface area contributed by atoms with Gasteiger partial charge in [-0.3, -0.25) is 4.72 Å². The van der Waals surface area contributed by atoms with E-state index in [9.17, 15) is 17.4 Å². The topological polar surface area (TPSA) is 29.1 Å². The molecular weight excluding hydrogens is 235 g/mol. The van der Waals surface area contributed by atoms with Crippen LogP contribution in [0.4, 0.5) is 18.9 Å². The molecule has 1 aromatic carbocycles. The molecule has 0 radical (unpaired) electrons. The second-order valence-corrected chi connectivity index (χ2v) is 5.26. The molecule has 1 aliphatic heterocycles. The van der Waals surface area contributed by atoms with Gasteiger partial charge in [-0.25, -0.2) is 4.21 Å². The number of fused-ring (bicyclic) bond motifs is 1. The first-order valence-corrected chi connectivity index (χ1v) is 6.04. The van der Waals surface area contributed by atoms with Crippen LogP contribution in [0.1, 0.15) is 5.56 Å². The second-order valence-electron chi connectivity index (χ2n) is 2.60. The van der Waals surface area contributed by atoms with E-state index >= 15 is 0 Å². The number of nitrogens with one attached hydrogen (secondary N) is 1. The summed E-state index contributed by atoms with van der Waals surface area (Å²) in [5.41, 5.74) is -0.457. The third-order valence-corrected chi connectivity index (χ3v) is 4.02. The smallest absolute Gasteiger partial charge is 0.295 e. The van der Waals surface area contributed by atoms with Crippen LogP contribution >= 0.6 is 10.8 Å². The molecule has 1 unspecified atom stereocenters. The molecule has 0 amide bonds. The molecule has 0 fully saturated rings. The minimum atomic E-state index is -4.39. The van der Waals surface area contributed by atoms with E-state index in [1.54, 1.807) is 0 Å². The van der Waals surface area contributed by atoms with Crippen molar-refractivity contribution >= 4 is 26.5 Å². The fraction of sp³-hybridized carbons (Fsp3) is 0.143. The molecule has 1 aromatic rings. The highest BCUT2D eigenvalue weighted by molar-refractivity contribution is 8.70. The SMILES string of the molecule is O=S1Nc2cccc(C(F)(F)F)c2S1. The quantitative estimate of drug-likeness (QED) is 0.705. The van der Waals surface area contributed by atoms with E-state index in [0.29, 0.717) is 10.8 Å². The molecule has 0 aliphatic carbocycles. The molecule has 0 saturated carbocycles. The first kappa shape index (κ1) is 9.85. The van der Waals surface area contributed by atoms with Crippen LogP contribution in [0.15, 0.2) is 23.1 Å². The van der Waals surface area contributed by atoms with Gasteiger partial charge in [-0.2, -0.15) is 13.2 Å². The Hall–Kier alpha value is -0.690. The van der Waals surface area contributed by atoms with E-state index in [-0.39, 0.29) is 10.6 Å². The Balaban J connectivity index is 2.55. The molecule has 2 rings (SSSR count).